The van der Waals surface area contributed by atoms with Crippen LogP contribution in [0.4, 0.5) is 0 Å². The van der Waals surface area contributed by atoms with E-state index in [1.165, 1.54) is 5.71 Å². The first-order chi connectivity index (χ1) is 4.86. The zero-order valence-electron chi connectivity index (χ0n) is 6.63. The molecule has 1 aliphatic heterocycles. The van der Waals surface area contributed by atoms with E-state index in [9.17, 15) is 0 Å². The SMILES string of the molecule is CCON=C1CN(CC)C1. The van der Waals surface area contributed by atoms with Crippen molar-refractivity contribution in [3.63, 3.8) is 0 Å². The summed E-state index contributed by atoms with van der Waals surface area (Å²) in [6.07, 6.45) is 0. The first-order valence-corrected chi connectivity index (χ1v) is 3.76. The van der Waals surface area contributed by atoms with E-state index in [2.05, 4.69) is 17.0 Å². The lowest BCUT2D eigenvalue weighted by atomic mass is 10.2. The molecule has 0 aromatic rings. The van der Waals surface area contributed by atoms with Crippen LogP contribution in [0.3, 0.4) is 0 Å². The second-order valence-corrected chi connectivity index (χ2v) is 2.38. The molecule has 10 heavy (non-hydrogen) atoms. The van der Waals surface area contributed by atoms with E-state index in [0.717, 1.165) is 19.6 Å². The van der Waals surface area contributed by atoms with Crippen molar-refractivity contribution in [2.45, 2.75) is 13.8 Å². The Morgan fingerprint density at radius 2 is 2.20 bits per heavy atom. The van der Waals surface area contributed by atoms with Crippen molar-refractivity contribution in [3.05, 3.63) is 0 Å². The van der Waals surface area contributed by atoms with Gasteiger partial charge in [-0.25, -0.2) is 0 Å². The van der Waals surface area contributed by atoms with Gasteiger partial charge in [-0.05, 0) is 13.5 Å². The molecular weight excluding hydrogens is 128 g/mol. The first kappa shape index (κ1) is 7.54. The Hall–Kier alpha value is -0.570. The van der Waals surface area contributed by atoms with E-state index in [4.69, 9.17) is 4.84 Å². The molecule has 0 aliphatic carbocycles. The number of likely N-dealkylation sites (tertiary alicyclic amines) is 1. The Bertz CT molecular complexity index is 126. The number of hydrogen-bond donors (Lipinski definition) is 0. The van der Waals surface area contributed by atoms with Gasteiger partial charge in [-0.15, -0.1) is 0 Å². The molecule has 0 saturated carbocycles. The molecule has 0 amide bonds. The van der Waals surface area contributed by atoms with Gasteiger partial charge in [-0.2, -0.15) is 0 Å². The van der Waals surface area contributed by atoms with Gasteiger partial charge < -0.3 is 4.84 Å². The van der Waals surface area contributed by atoms with Gasteiger partial charge in [-0.3, -0.25) is 4.90 Å². The summed E-state index contributed by atoms with van der Waals surface area (Å²) in [4.78, 5) is 7.19. The van der Waals surface area contributed by atoms with Crippen molar-refractivity contribution in [1.29, 1.82) is 0 Å². The van der Waals surface area contributed by atoms with Crippen LogP contribution in [0.5, 0.6) is 0 Å². The first-order valence-electron chi connectivity index (χ1n) is 3.76. The molecule has 1 aliphatic rings. The van der Waals surface area contributed by atoms with Gasteiger partial charge >= 0.3 is 0 Å². The smallest absolute Gasteiger partial charge is 0.114 e. The minimum absolute atomic E-state index is 0.676. The molecule has 0 N–H and O–H groups in total. The van der Waals surface area contributed by atoms with Crippen LogP contribution in [0, 0.1) is 0 Å². The van der Waals surface area contributed by atoms with Gasteiger partial charge in [-0.1, -0.05) is 12.1 Å². The van der Waals surface area contributed by atoms with Gasteiger partial charge in [0.1, 0.15) is 6.61 Å². The number of oxime groups is 1. The maximum Gasteiger partial charge on any atom is 0.114 e. The highest BCUT2D eigenvalue weighted by Gasteiger charge is 2.19. The fourth-order valence-electron chi connectivity index (χ4n) is 0.907. The van der Waals surface area contributed by atoms with E-state index in [1.807, 2.05) is 6.92 Å². The molecule has 0 radical (unpaired) electrons. The van der Waals surface area contributed by atoms with Crippen LogP contribution in [0.2, 0.25) is 0 Å². The van der Waals surface area contributed by atoms with E-state index in [-0.39, 0.29) is 0 Å². The fourth-order valence-corrected chi connectivity index (χ4v) is 0.907. The molecule has 0 unspecified atom stereocenters. The largest absolute Gasteiger partial charge is 0.396 e. The highest BCUT2D eigenvalue weighted by Crippen LogP contribution is 2.02. The second-order valence-electron chi connectivity index (χ2n) is 2.38. The van der Waals surface area contributed by atoms with Crippen molar-refractivity contribution >= 4 is 5.71 Å². The zero-order chi connectivity index (χ0) is 7.40. The molecule has 1 rings (SSSR count). The second kappa shape index (κ2) is 3.56. The molecule has 3 nitrogen and oxygen atoms in total. The molecule has 3 heteroatoms. The summed E-state index contributed by atoms with van der Waals surface area (Å²) >= 11 is 0. The highest BCUT2D eigenvalue weighted by atomic mass is 16.6. The normalized spacial score (nSPS) is 18.4. The van der Waals surface area contributed by atoms with Crippen LogP contribution in [-0.2, 0) is 4.84 Å². The van der Waals surface area contributed by atoms with Crippen molar-refractivity contribution < 1.29 is 4.84 Å². The molecule has 0 bridgehead atoms. The summed E-state index contributed by atoms with van der Waals surface area (Å²) in [5, 5.41) is 3.92. The molecule has 0 spiro atoms. The van der Waals surface area contributed by atoms with Crippen LogP contribution in [0.1, 0.15) is 13.8 Å². The predicted octanol–water partition coefficient (Wildman–Crippen LogP) is 0.714. The van der Waals surface area contributed by atoms with E-state index in [0.29, 0.717) is 6.61 Å². The summed E-state index contributed by atoms with van der Waals surface area (Å²) in [5.41, 5.74) is 1.17. The molecule has 1 saturated heterocycles. The lowest BCUT2D eigenvalue weighted by Gasteiger charge is -2.30. The van der Waals surface area contributed by atoms with Crippen molar-refractivity contribution in [2.24, 2.45) is 5.16 Å². The number of hydrogen-bond acceptors (Lipinski definition) is 3. The molecule has 0 atom stereocenters. The Balaban J connectivity index is 2.12. The summed E-state index contributed by atoms with van der Waals surface area (Å²) in [7, 11) is 0. The van der Waals surface area contributed by atoms with Gasteiger partial charge in [0.25, 0.3) is 0 Å². The monoisotopic (exact) mass is 142 g/mol. The Morgan fingerprint density at radius 3 is 2.70 bits per heavy atom. The van der Waals surface area contributed by atoms with Crippen LogP contribution >= 0.6 is 0 Å². The number of rotatable bonds is 3. The van der Waals surface area contributed by atoms with Gasteiger partial charge in [0, 0.05) is 13.1 Å². The van der Waals surface area contributed by atoms with Crippen LogP contribution in [0.25, 0.3) is 0 Å². The summed E-state index contributed by atoms with van der Waals surface area (Å²) in [6.45, 7) is 7.88. The number of nitrogens with zero attached hydrogens (tertiary/aromatic N) is 2. The lowest BCUT2D eigenvalue weighted by Crippen LogP contribution is -2.47. The summed E-state index contributed by atoms with van der Waals surface area (Å²) in [6, 6.07) is 0. The third kappa shape index (κ3) is 1.70. The third-order valence-corrected chi connectivity index (χ3v) is 1.58. The van der Waals surface area contributed by atoms with Gasteiger partial charge in [0.05, 0.1) is 5.71 Å². The third-order valence-electron chi connectivity index (χ3n) is 1.58. The average Bonchev–Trinajstić information content (AvgIpc) is 1.86. The minimum Gasteiger partial charge on any atom is -0.396 e. The minimum atomic E-state index is 0.676. The average molecular weight is 142 g/mol. The van der Waals surface area contributed by atoms with Gasteiger partial charge in [0.2, 0.25) is 0 Å². The van der Waals surface area contributed by atoms with Crippen molar-refractivity contribution in [1.82, 2.24) is 4.90 Å². The maximum atomic E-state index is 4.89. The Labute approximate surface area is 61.6 Å². The van der Waals surface area contributed by atoms with E-state index >= 15 is 0 Å². The Kier molecular flexibility index (Phi) is 2.68. The fraction of sp³-hybridized carbons (Fsp3) is 0.857. The molecule has 1 heterocycles. The maximum absolute atomic E-state index is 4.89. The highest BCUT2D eigenvalue weighted by molar-refractivity contribution is 5.92. The van der Waals surface area contributed by atoms with E-state index in [1.54, 1.807) is 0 Å². The van der Waals surface area contributed by atoms with E-state index < -0.39 is 0 Å². The molecule has 58 valence electrons. The molecule has 1 fully saturated rings. The summed E-state index contributed by atoms with van der Waals surface area (Å²) in [5.74, 6) is 0. The van der Waals surface area contributed by atoms with Crippen molar-refractivity contribution in [3.8, 4) is 0 Å². The molecular formula is C7H14N2O. The topological polar surface area (TPSA) is 24.8 Å². The van der Waals surface area contributed by atoms with Crippen LogP contribution in [0.15, 0.2) is 5.16 Å². The van der Waals surface area contributed by atoms with Crippen LogP contribution < -0.4 is 0 Å². The standard InChI is InChI=1S/C7H14N2O/c1-3-9-5-7(6-9)8-10-4-2/h3-6H2,1-2H3. The summed E-state index contributed by atoms with van der Waals surface area (Å²) < 4.78 is 0. The zero-order valence-corrected chi connectivity index (χ0v) is 6.63. The molecule has 0 aromatic heterocycles. The van der Waals surface area contributed by atoms with Crippen LogP contribution in [-0.4, -0.2) is 36.9 Å². The van der Waals surface area contributed by atoms with Gasteiger partial charge in [0.15, 0.2) is 0 Å². The predicted molar refractivity (Wildman–Crippen MR) is 41.2 cm³/mol. The lowest BCUT2D eigenvalue weighted by molar-refractivity contribution is 0.150. The van der Waals surface area contributed by atoms with Crippen molar-refractivity contribution in [2.75, 3.05) is 26.2 Å². The molecule has 0 aromatic carbocycles. The Morgan fingerprint density at radius 1 is 1.50 bits per heavy atom. The quantitative estimate of drug-likeness (QED) is 0.542.